The van der Waals surface area contributed by atoms with Crippen LogP contribution in [-0.4, -0.2) is 18.3 Å². The van der Waals surface area contributed by atoms with Gasteiger partial charge < -0.3 is 18.3 Å². The molecule has 496 valence electrons. The van der Waals surface area contributed by atoms with Gasteiger partial charge in [-0.2, -0.15) is 0 Å². The van der Waals surface area contributed by atoms with E-state index < -0.39 is 0 Å². The molecule has 0 aliphatic carbocycles. The quantitative estimate of drug-likeness (QED) is 0.123. The fraction of sp³-hybridized carbons (Fsp3) is 0. The van der Waals surface area contributed by atoms with Crippen LogP contribution < -0.4 is 0 Å². The van der Waals surface area contributed by atoms with Gasteiger partial charge in [-0.25, -0.2) is 0 Å². The maximum absolute atomic E-state index is 2.45. The van der Waals surface area contributed by atoms with Crippen molar-refractivity contribution in [2.45, 2.75) is 0 Å². The van der Waals surface area contributed by atoms with Crippen LogP contribution in [0.2, 0.25) is 0 Å². The Balaban J connectivity index is 0.000000141. The van der Waals surface area contributed by atoms with Gasteiger partial charge in [-0.15, -0.1) is 0 Å². The first kappa shape index (κ1) is 61.8. The predicted molar refractivity (Wildman–Crippen MR) is 448 cm³/mol. The van der Waals surface area contributed by atoms with E-state index in [-0.39, 0.29) is 0 Å². The van der Waals surface area contributed by atoms with Gasteiger partial charge in [0, 0.05) is 65.3 Å². The molecule has 0 unspecified atom stereocenters. The van der Waals surface area contributed by atoms with Crippen molar-refractivity contribution >= 4 is 87.2 Å². The lowest BCUT2D eigenvalue weighted by Crippen LogP contribution is -2.01. The molecule has 4 aromatic heterocycles. The minimum atomic E-state index is 1.15. The van der Waals surface area contributed by atoms with Crippen molar-refractivity contribution in [1.82, 2.24) is 18.3 Å². The summed E-state index contributed by atoms with van der Waals surface area (Å²) in [4.78, 5) is 0. The first-order valence-corrected chi connectivity index (χ1v) is 36.5. The van der Waals surface area contributed by atoms with E-state index in [0.717, 1.165) is 22.7 Å². The number of hydrogen-bond donors (Lipinski definition) is 0. The van der Waals surface area contributed by atoms with E-state index in [4.69, 9.17) is 0 Å². The molecule has 0 N–H and O–H groups in total. The summed E-state index contributed by atoms with van der Waals surface area (Å²) in [6.07, 6.45) is 0. The Morgan fingerprint density at radius 2 is 0.311 bits per heavy atom. The highest BCUT2D eigenvalue weighted by Gasteiger charge is 2.26. The Hall–Kier alpha value is -14.1. The second-order valence-corrected chi connectivity index (χ2v) is 27.3. The summed E-state index contributed by atoms with van der Waals surface area (Å²) < 4.78 is 9.77. The number of fused-ring (bicyclic) bond motifs is 12. The summed E-state index contributed by atoms with van der Waals surface area (Å²) >= 11 is 0. The molecule has 0 amide bonds. The predicted octanol–water partition coefficient (Wildman–Crippen LogP) is 27.4. The fourth-order valence-corrected chi connectivity index (χ4v) is 17.0. The Morgan fingerprint density at radius 1 is 0.123 bits per heavy atom. The molecule has 0 spiro atoms. The minimum absolute atomic E-state index is 1.15. The Labute approximate surface area is 614 Å². The lowest BCUT2D eigenvalue weighted by molar-refractivity contribution is 1.18. The van der Waals surface area contributed by atoms with E-state index in [0.29, 0.717) is 0 Å². The van der Waals surface area contributed by atoms with Crippen molar-refractivity contribution in [3.05, 3.63) is 413 Å². The van der Waals surface area contributed by atoms with Gasteiger partial charge in [0.15, 0.2) is 0 Å². The Bertz CT molecular complexity index is 6340. The molecule has 0 radical (unpaired) electrons. The molecule has 0 atom stereocenters. The molecule has 0 aliphatic rings. The molecule has 0 aliphatic heterocycles. The van der Waals surface area contributed by atoms with Gasteiger partial charge in [-0.1, -0.05) is 328 Å². The molecule has 106 heavy (non-hydrogen) atoms. The molecular weight excluding hydrogens is 1280 g/mol. The zero-order valence-corrected chi connectivity index (χ0v) is 58.0. The number of nitrogens with zero attached hydrogens (tertiary/aromatic N) is 4. The van der Waals surface area contributed by atoms with Gasteiger partial charge in [0.25, 0.3) is 0 Å². The van der Waals surface area contributed by atoms with Crippen LogP contribution in [0.5, 0.6) is 0 Å². The van der Waals surface area contributed by atoms with Gasteiger partial charge in [0.1, 0.15) is 0 Å². The van der Waals surface area contributed by atoms with Crippen molar-refractivity contribution in [3.63, 3.8) is 0 Å². The van der Waals surface area contributed by atoms with Gasteiger partial charge in [0.05, 0.1) is 66.9 Å². The third-order valence-electron chi connectivity index (χ3n) is 21.5. The Kier molecular flexibility index (Phi) is 15.2. The monoisotopic (exact) mass is 1350 g/mol. The number of para-hydroxylation sites is 12. The highest BCUT2D eigenvalue weighted by Crippen LogP contribution is 2.50. The molecule has 4 heterocycles. The fourth-order valence-electron chi connectivity index (χ4n) is 17.0. The molecule has 0 saturated carbocycles. The molecule has 0 bridgehead atoms. The van der Waals surface area contributed by atoms with Crippen molar-refractivity contribution in [2.24, 2.45) is 0 Å². The number of rotatable bonds is 11. The van der Waals surface area contributed by atoms with Crippen molar-refractivity contribution in [3.8, 4) is 101 Å². The minimum Gasteiger partial charge on any atom is -0.309 e. The first-order chi connectivity index (χ1) is 52.7. The summed E-state index contributed by atoms with van der Waals surface area (Å²) in [6, 6.07) is 150. The van der Waals surface area contributed by atoms with E-state index in [9.17, 15) is 0 Å². The van der Waals surface area contributed by atoms with Crippen LogP contribution >= 0.6 is 0 Å². The zero-order valence-electron chi connectivity index (χ0n) is 58.0. The lowest BCUT2D eigenvalue weighted by Gasteiger charge is -2.22. The van der Waals surface area contributed by atoms with Crippen LogP contribution in [-0.2, 0) is 0 Å². The normalized spacial score (nSPS) is 11.6. The molecule has 4 nitrogen and oxygen atoms in total. The van der Waals surface area contributed by atoms with Crippen LogP contribution in [0, 0.1) is 0 Å². The largest absolute Gasteiger partial charge is 0.309 e. The standard InChI is InChI=1S/C54H36N2.C48H32N2/c1-3-19-37(20-4-1)45-35-48(44-28-12-18-34-54(44)56-51-31-15-9-25-41(51)42-26-10-16-32-52(42)56)46(38-21-5-2-6-22-38)36-47(45)43-27-11-17-33-53(43)55-49-29-13-7-23-39(49)40-24-8-14-30-50(40)55;1-2-17-33(18-3-1)48-40(38-23-8-14-31-46(38)49-42-27-10-4-19-34(42)35-20-5-11-28-43(35)49)25-16-26-41(48)39-24-9-15-32-47(39)50-44-29-12-6-21-36(44)37-22-7-13-30-45(37)50/h1-36H;1-32H. The number of aromatic nitrogens is 4. The highest BCUT2D eigenvalue weighted by molar-refractivity contribution is 6.14. The maximum Gasteiger partial charge on any atom is 0.0541 e. The third kappa shape index (κ3) is 10.2. The van der Waals surface area contributed by atoms with E-state index in [2.05, 4.69) is 431 Å². The maximum atomic E-state index is 2.45. The van der Waals surface area contributed by atoms with Crippen LogP contribution in [0.15, 0.2) is 413 Å². The molecule has 21 rings (SSSR count). The summed E-state index contributed by atoms with van der Waals surface area (Å²) in [5, 5.41) is 10.0. The molecular formula is C102H68N4. The van der Waals surface area contributed by atoms with Crippen molar-refractivity contribution in [1.29, 1.82) is 0 Å². The van der Waals surface area contributed by atoms with Gasteiger partial charge in [0.2, 0.25) is 0 Å². The van der Waals surface area contributed by atoms with Crippen LogP contribution in [0.1, 0.15) is 0 Å². The molecule has 0 saturated heterocycles. The number of hydrogen-bond acceptors (Lipinski definition) is 0. The second-order valence-electron chi connectivity index (χ2n) is 27.3. The molecule has 21 aromatic rings. The van der Waals surface area contributed by atoms with Crippen LogP contribution in [0.25, 0.3) is 188 Å². The van der Waals surface area contributed by atoms with E-state index >= 15 is 0 Å². The number of benzene rings is 17. The molecule has 4 heteroatoms. The van der Waals surface area contributed by atoms with Gasteiger partial charge in [-0.05, 0) is 141 Å². The smallest absolute Gasteiger partial charge is 0.0541 e. The average Bonchev–Trinajstić information content (AvgIpc) is 1.71. The summed E-state index contributed by atoms with van der Waals surface area (Å²) in [5.41, 5.74) is 30.9. The zero-order chi connectivity index (χ0) is 70.0. The third-order valence-corrected chi connectivity index (χ3v) is 21.5. The van der Waals surface area contributed by atoms with E-state index in [1.165, 1.54) is 165 Å². The van der Waals surface area contributed by atoms with Gasteiger partial charge >= 0.3 is 0 Å². The van der Waals surface area contributed by atoms with Crippen molar-refractivity contribution < 1.29 is 0 Å². The van der Waals surface area contributed by atoms with Crippen molar-refractivity contribution in [2.75, 3.05) is 0 Å². The highest BCUT2D eigenvalue weighted by atomic mass is 15.0. The van der Waals surface area contributed by atoms with Crippen LogP contribution in [0.4, 0.5) is 0 Å². The topological polar surface area (TPSA) is 19.7 Å². The average molecular weight is 1350 g/mol. The molecule has 0 fully saturated rings. The summed E-state index contributed by atoms with van der Waals surface area (Å²) in [7, 11) is 0. The summed E-state index contributed by atoms with van der Waals surface area (Å²) in [6.45, 7) is 0. The van der Waals surface area contributed by atoms with Gasteiger partial charge in [-0.3, -0.25) is 0 Å². The van der Waals surface area contributed by atoms with E-state index in [1.807, 2.05) is 0 Å². The lowest BCUT2D eigenvalue weighted by atomic mass is 9.84. The first-order valence-electron chi connectivity index (χ1n) is 36.5. The summed E-state index contributed by atoms with van der Waals surface area (Å²) in [5.74, 6) is 0. The van der Waals surface area contributed by atoms with E-state index in [1.54, 1.807) is 0 Å². The van der Waals surface area contributed by atoms with Crippen LogP contribution in [0.3, 0.4) is 0 Å². The SMILES string of the molecule is c1ccc(-c2c(-c3ccccc3-n3c4ccccc4c4ccccc43)cccc2-c2ccccc2-n2c3ccccc3c3ccccc32)cc1.c1ccc(-c2cc(-c3ccccc3-n3c4ccccc4c4ccccc43)c(-c3ccccc3)cc2-c2ccccc2-n2c3ccccc3c3ccccc32)cc1. The Morgan fingerprint density at radius 3 is 0.566 bits per heavy atom. The second kappa shape index (κ2) is 26.1. The molecule has 17 aromatic carbocycles.